The molecule has 0 unspecified atom stereocenters. The molecule has 2 nitrogen and oxygen atoms in total. The standard InChI is InChI=1S/C30H18N2S/c1-2-9-20(10-3-1)30-31-28(24-16-14-19-8-4-5-11-22(19)29(24)32-30)21-15-17-27-25(18-21)23-12-6-7-13-26(23)33-27/h1-18H. The van der Waals surface area contributed by atoms with Gasteiger partial charge < -0.3 is 0 Å². The van der Waals surface area contributed by atoms with Crippen molar-refractivity contribution in [3.8, 4) is 22.6 Å². The molecule has 0 aliphatic rings. The minimum atomic E-state index is 0.754. The van der Waals surface area contributed by atoms with Gasteiger partial charge in [-0.3, -0.25) is 0 Å². The number of hydrogen-bond donors (Lipinski definition) is 0. The molecule has 0 spiro atoms. The van der Waals surface area contributed by atoms with Gasteiger partial charge in [-0.05, 0) is 29.7 Å². The van der Waals surface area contributed by atoms with Crippen LogP contribution in [0.2, 0.25) is 0 Å². The first-order valence-corrected chi connectivity index (χ1v) is 11.8. The van der Waals surface area contributed by atoms with E-state index in [0.717, 1.165) is 38.9 Å². The summed E-state index contributed by atoms with van der Waals surface area (Å²) in [5.41, 5.74) is 4.11. The van der Waals surface area contributed by atoms with Crippen molar-refractivity contribution in [3.05, 3.63) is 109 Å². The fourth-order valence-corrected chi connectivity index (χ4v) is 5.76. The molecule has 0 amide bonds. The van der Waals surface area contributed by atoms with Gasteiger partial charge >= 0.3 is 0 Å². The van der Waals surface area contributed by atoms with Crippen LogP contribution in [0.5, 0.6) is 0 Å². The van der Waals surface area contributed by atoms with Crippen LogP contribution in [-0.2, 0) is 0 Å². The molecule has 0 aliphatic heterocycles. The first-order chi connectivity index (χ1) is 16.3. The van der Waals surface area contributed by atoms with Crippen LogP contribution in [0.1, 0.15) is 0 Å². The van der Waals surface area contributed by atoms with Crippen molar-refractivity contribution in [2.45, 2.75) is 0 Å². The lowest BCUT2D eigenvalue weighted by Crippen LogP contribution is -1.96. The third-order valence-electron chi connectivity index (χ3n) is 6.27. The summed E-state index contributed by atoms with van der Waals surface area (Å²) in [5.74, 6) is 0.754. The van der Waals surface area contributed by atoms with Crippen LogP contribution in [0.25, 0.3) is 64.5 Å². The number of hydrogen-bond acceptors (Lipinski definition) is 3. The van der Waals surface area contributed by atoms with Crippen LogP contribution >= 0.6 is 11.3 Å². The van der Waals surface area contributed by atoms with Crippen LogP contribution in [0.4, 0.5) is 0 Å². The minimum Gasteiger partial charge on any atom is -0.227 e. The molecule has 2 aromatic heterocycles. The fourth-order valence-electron chi connectivity index (χ4n) is 4.67. The van der Waals surface area contributed by atoms with Gasteiger partial charge in [0.1, 0.15) is 0 Å². The highest BCUT2D eigenvalue weighted by molar-refractivity contribution is 7.25. The van der Waals surface area contributed by atoms with E-state index in [0.29, 0.717) is 0 Å². The van der Waals surface area contributed by atoms with E-state index in [2.05, 4.69) is 91.0 Å². The first kappa shape index (κ1) is 18.5. The molecule has 0 bridgehead atoms. The highest BCUT2D eigenvalue weighted by Gasteiger charge is 2.15. The summed E-state index contributed by atoms with van der Waals surface area (Å²) < 4.78 is 2.61. The van der Waals surface area contributed by atoms with Crippen molar-refractivity contribution >= 4 is 53.2 Å². The second-order valence-corrected chi connectivity index (χ2v) is 9.34. The van der Waals surface area contributed by atoms with Gasteiger partial charge in [-0.1, -0.05) is 84.9 Å². The van der Waals surface area contributed by atoms with Crippen LogP contribution in [0.3, 0.4) is 0 Å². The maximum absolute atomic E-state index is 5.11. The number of fused-ring (bicyclic) bond motifs is 6. The predicted octanol–water partition coefficient (Wildman–Crippen LogP) is 8.48. The van der Waals surface area contributed by atoms with Crippen molar-refractivity contribution in [3.63, 3.8) is 0 Å². The van der Waals surface area contributed by atoms with E-state index in [4.69, 9.17) is 9.97 Å². The summed E-state index contributed by atoms with van der Waals surface area (Å²) in [4.78, 5) is 10.2. The average Bonchev–Trinajstić information content (AvgIpc) is 3.26. The number of thiophene rings is 1. The molecule has 33 heavy (non-hydrogen) atoms. The lowest BCUT2D eigenvalue weighted by Gasteiger charge is -2.12. The first-order valence-electron chi connectivity index (χ1n) is 11.0. The molecule has 5 aromatic carbocycles. The highest BCUT2D eigenvalue weighted by Crippen LogP contribution is 2.38. The van der Waals surface area contributed by atoms with Gasteiger partial charge in [-0.2, -0.15) is 0 Å². The maximum atomic E-state index is 5.11. The summed E-state index contributed by atoms with van der Waals surface area (Å²) in [6.07, 6.45) is 0. The molecule has 0 radical (unpaired) electrons. The molecule has 0 atom stereocenters. The van der Waals surface area contributed by atoms with Gasteiger partial charge in [-0.15, -0.1) is 11.3 Å². The zero-order valence-electron chi connectivity index (χ0n) is 17.7. The van der Waals surface area contributed by atoms with E-state index < -0.39 is 0 Å². The van der Waals surface area contributed by atoms with Gasteiger partial charge in [0.2, 0.25) is 0 Å². The van der Waals surface area contributed by atoms with Gasteiger partial charge in [0.25, 0.3) is 0 Å². The van der Waals surface area contributed by atoms with Gasteiger partial charge in [-0.25, -0.2) is 9.97 Å². The summed E-state index contributed by atoms with van der Waals surface area (Å²) in [6.45, 7) is 0. The lowest BCUT2D eigenvalue weighted by molar-refractivity contribution is 1.23. The molecule has 0 saturated carbocycles. The van der Waals surface area contributed by atoms with Crippen LogP contribution < -0.4 is 0 Å². The summed E-state index contributed by atoms with van der Waals surface area (Å²) in [6, 6.07) is 38.4. The summed E-state index contributed by atoms with van der Waals surface area (Å²) >= 11 is 1.84. The van der Waals surface area contributed by atoms with Crippen molar-refractivity contribution in [2.75, 3.05) is 0 Å². The van der Waals surface area contributed by atoms with Crippen LogP contribution in [0, 0.1) is 0 Å². The van der Waals surface area contributed by atoms with Crippen LogP contribution in [-0.4, -0.2) is 9.97 Å². The molecular formula is C30H18N2S. The Morgan fingerprint density at radius 3 is 2.15 bits per heavy atom. The Labute approximate surface area is 194 Å². The second kappa shape index (κ2) is 7.22. The second-order valence-electron chi connectivity index (χ2n) is 8.25. The third-order valence-corrected chi connectivity index (χ3v) is 7.43. The van der Waals surface area contributed by atoms with Crippen molar-refractivity contribution in [2.24, 2.45) is 0 Å². The SMILES string of the molecule is c1ccc(-c2nc(-c3ccc4sc5ccccc5c4c3)c3ccc4ccccc4c3n2)cc1. The van der Waals surface area contributed by atoms with E-state index in [9.17, 15) is 0 Å². The predicted molar refractivity (Wildman–Crippen MR) is 141 cm³/mol. The Morgan fingerprint density at radius 1 is 0.485 bits per heavy atom. The number of nitrogens with zero attached hydrogens (tertiary/aromatic N) is 2. The largest absolute Gasteiger partial charge is 0.227 e. The maximum Gasteiger partial charge on any atom is 0.160 e. The average molecular weight is 439 g/mol. The van der Waals surface area contributed by atoms with E-state index >= 15 is 0 Å². The van der Waals surface area contributed by atoms with Crippen molar-refractivity contribution in [1.29, 1.82) is 0 Å². The van der Waals surface area contributed by atoms with Crippen molar-refractivity contribution < 1.29 is 0 Å². The lowest BCUT2D eigenvalue weighted by atomic mass is 10.00. The summed E-state index contributed by atoms with van der Waals surface area (Å²) in [5, 5.41) is 5.99. The van der Waals surface area contributed by atoms with E-state index in [1.807, 2.05) is 29.5 Å². The Kier molecular flexibility index (Phi) is 4.05. The molecule has 7 rings (SSSR count). The Balaban J connectivity index is 1.58. The molecule has 0 saturated heterocycles. The zero-order valence-corrected chi connectivity index (χ0v) is 18.5. The van der Waals surface area contributed by atoms with E-state index in [1.165, 1.54) is 25.6 Å². The molecule has 2 heterocycles. The van der Waals surface area contributed by atoms with Crippen molar-refractivity contribution in [1.82, 2.24) is 9.97 Å². The fraction of sp³-hybridized carbons (Fsp3) is 0. The molecule has 0 fully saturated rings. The molecule has 0 aliphatic carbocycles. The number of benzene rings is 5. The zero-order chi connectivity index (χ0) is 21.8. The Hall–Kier alpha value is -4.08. The molecule has 154 valence electrons. The molecular weight excluding hydrogens is 420 g/mol. The molecule has 3 heteroatoms. The quantitative estimate of drug-likeness (QED) is 0.253. The van der Waals surface area contributed by atoms with Gasteiger partial charge in [0.05, 0.1) is 11.2 Å². The van der Waals surface area contributed by atoms with Gasteiger partial charge in [0.15, 0.2) is 5.82 Å². The smallest absolute Gasteiger partial charge is 0.160 e. The summed E-state index contributed by atoms with van der Waals surface area (Å²) in [7, 11) is 0. The monoisotopic (exact) mass is 438 g/mol. The van der Waals surface area contributed by atoms with Crippen LogP contribution in [0.15, 0.2) is 109 Å². The van der Waals surface area contributed by atoms with E-state index in [1.54, 1.807) is 0 Å². The third kappa shape index (κ3) is 2.94. The Bertz CT molecular complexity index is 1820. The topological polar surface area (TPSA) is 25.8 Å². The normalized spacial score (nSPS) is 11.6. The van der Waals surface area contributed by atoms with E-state index in [-0.39, 0.29) is 0 Å². The number of rotatable bonds is 2. The molecule has 7 aromatic rings. The van der Waals surface area contributed by atoms with Gasteiger partial charge in [0, 0.05) is 42.1 Å². The highest BCUT2D eigenvalue weighted by atomic mass is 32.1. The molecule has 0 N–H and O–H groups in total. The Morgan fingerprint density at radius 2 is 1.24 bits per heavy atom. The number of aromatic nitrogens is 2. The minimum absolute atomic E-state index is 0.754.